The number of amides is 1. The molecule has 0 saturated heterocycles. The van der Waals surface area contributed by atoms with Gasteiger partial charge in [0.1, 0.15) is 11.5 Å². The van der Waals surface area contributed by atoms with Crippen LogP contribution < -0.4 is 5.32 Å². The highest BCUT2D eigenvalue weighted by atomic mass is 16.3. The van der Waals surface area contributed by atoms with Crippen molar-refractivity contribution in [2.24, 2.45) is 17.3 Å². The van der Waals surface area contributed by atoms with Crippen LogP contribution in [-0.2, 0) is 16.6 Å². The Balaban J connectivity index is 1.83. The Morgan fingerprint density at radius 1 is 1.28 bits per heavy atom. The first kappa shape index (κ1) is 18.1. The minimum Gasteiger partial charge on any atom is -0.508 e. The summed E-state index contributed by atoms with van der Waals surface area (Å²) < 4.78 is 0. The molecule has 138 valence electrons. The van der Waals surface area contributed by atoms with E-state index in [9.17, 15) is 15.0 Å². The van der Waals surface area contributed by atoms with Gasteiger partial charge in [-0.05, 0) is 48.6 Å². The summed E-state index contributed by atoms with van der Waals surface area (Å²) in [4.78, 5) is 11.9. The average molecular weight is 345 g/mol. The van der Waals surface area contributed by atoms with Gasteiger partial charge in [-0.1, -0.05) is 34.1 Å². The summed E-state index contributed by atoms with van der Waals surface area (Å²) in [6.45, 7) is 9.13. The number of benzene rings is 1. The molecule has 3 unspecified atom stereocenters. The first-order valence-corrected chi connectivity index (χ1v) is 9.50. The molecule has 1 aromatic rings. The van der Waals surface area contributed by atoms with Gasteiger partial charge in [-0.25, -0.2) is 0 Å². The summed E-state index contributed by atoms with van der Waals surface area (Å²) in [6.07, 6.45) is 5.18. The lowest BCUT2D eigenvalue weighted by atomic mass is 9.55. The van der Waals surface area contributed by atoms with E-state index in [0.717, 1.165) is 43.2 Å². The van der Waals surface area contributed by atoms with E-state index in [0.29, 0.717) is 12.5 Å². The van der Waals surface area contributed by atoms with Crippen LogP contribution in [0.3, 0.4) is 0 Å². The quantitative estimate of drug-likeness (QED) is 0.775. The van der Waals surface area contributed by atoms with Crippen LogP contribution >= 0.6 is 0 Å². The number of phenols is 2. The fourth-order valence-electron chi connectivity index (χ4n) is 5.43. The molecule has 0 spiro atoms. The standard InChI is InChI=1S/C21H31NO3/c1-13(2)19(25)22-9-8-20(3)6-5-7-21(4)17(20)11-14-10-15(23)12-16(24)18(14)21/h10,12-13,17,23-24H,5-9,11H2,1-4H3,(H,22,25). The second-order valence-corrected chi connectivity index (χ2v) is 8.88. The molecule has 3 atom stereocenters. The van der Waals surface area contributed by atoms with E-state index in [1.54, 1.807) is 0 Å². The molecule has 1 fully saturated rings. The maximum absolute atomic E-state index is 11.9. The van der Waals surface area contributed by atoms with Crippen molar-refractivity contribution >= 4 is 5.91 Å². The molecule has 0 bridgehead atoms. The molecular weight excluding hydrogens is 314 g/mol. The number of phenolic OH excluding ortho intramolecular Hbond substituents is 2. The highest BCUT2D eigenvalue weighted by Gasteiger charge is 2.54. The van der Waals surface area contributed by atoms with Crippen LogP contribution in [0.4, 0.5) is 0 Å². The lowest BCUT2D eigenvalue weighted by Crippen LogP contribution is -2.45. The van der Waals surface area contributed by atoms with E-state index in [2.05, 4.69) is 19.2 Å². The molecule has 3 N–H and O–H groups in total. The summed E-state index contributed by atoms with van der Waals surface area (Å²) in [6, 6.07) is 3.29. The molecule has 4 nitrogen and oxygen atoms in total. The number of fused-ring (bicyclic) bond motifs is 3. The summed E-state index contributed by atoms with van der Waals surface area (Å²) in [5.41, 5.74) is 2.19. The van der Waals surface area contributed by atoms with Gasteiger partial charge < -0.3 is 15.5 Å². The van der Waals surface area contributed by atoms with Crippen LogP contribution in [0.2, 0.25) is 0 Å². The second kappa shape index (κ2) is 6.22. The molecule has 0 heterocycles. The number of carbonyl (C=O) groups is 1. The minimum absolute atomic E-state index is 0.0140. The first-order valence-electron chi connectivity index (χ1n) is 9.50. The maximum Gasteiger partial charge on any atom is 0.222 e. The fraction of sp³-hybridized carbons (Fsp3) is 0.667. The predicted molar refractivity (Wildman–Crippen MR) is 98.7 cm³/mol. The largest absolute Gasteiger partial charge is 0.508 e. The Morgan fingerprint density at radius 2 is 2.00 bits per heavy atom. The summed E-state index contributed by atoms with van der Waals surface area (Å²) >= 11 is 0. The molecule has 25 heavy (non-hydrogen) atoms. The van der Waals surface area contributed by atoms with E-state index < -0.39 is 0 Å². The third-order valence-electron chi connectivity index (χ3n) is 6.75. The normalized spacial score (nSPS) is 30.8. The number of aromatic hydroxyl groups is 2. The number of hydrogen-bond donors (Lipinski definition) is 3. The van der Waals surface area contributed by atoms with Crippen LogP contribution in [0, 0.1) is 17.3 Å². The van der Waals surface area contributed by atoms with Crippen molar-refractivity contribution in [2.75, 3.05) is 6.54 Å². The summed E-state index contributed by atoms with van der Waals surface area (Å²) in [5.74, 6) is 0.925. The molecule has 1 saturated carbocycles. The molecule has 0 aromatic heterocycles. The van der Waals surface area contributed by atoms with Gasteiger partial charge in [0, 0.05) is 29.5 Å². The smallest absolute Gasteiger partial charge is 0.222 e. The lowest BCUT2D eigenvalue weighted by molar-refractivity contribution is -0.124. The Hall–Kier alpha value is -1.71. The van der Waals surface area contributed by atoms with E-state index in [4.69, 9.17) is 0 Å². The van der Waals surface area contributed by atoms with Gasteiger partial charge in [0.05, 0.1) is 0 Å². The van der Waals surface area contributed by atoms with Gasteiger partial charge in [0.15, 0.2) is 0 Å². The van der Waals surface area contributed by atoms with Crippen LogP contribution in [0.25, 0.3) is 0 Å². The molecular formula is C21H31NO3. The Bertz CT molecular complexity index is 684. The Labute approximate surface area is 150 Å². The number of carbonyl (C=O) groups excluding carboxylic acids is 1. The van der Waals surface area contributed by atoms with Crippen molar-refractivity contribution in [2.45, 2.75) is 65.2 Å². The molecule has 1 aromatic carbocycles. The minimum atomic E-state index is -0.0534. The highest BCUT2D eigenvalue weighted by Crippen LogP contribution is 2.61. The third kappa shape index (κ3) is 3.00. The van der Waals surface area contributed by atoms with Gasteiger partial charge in [-0.2, -0.15) is 0 Å². The van der Waals surface area contributed by atoms with Gasteiger partial charge in [-0.3, -0.25) is 4.79 Å². The van der Waals surface area contributed by atoms with Crippen LogP contribution in [0.1, 0.15) is 64.5 Å². The molecule has 0 radical (unpaired) electrons. The van der Waals surface area contributed by atoms with Crippen molar-refractivity contribution in [1.82, 2.24) is 5.32 Å². The van der Waals surface area contributed by atoms with Crippen molar-refractivity contribution in [1.29, 1.82) is 0 Å². The zero-order valence-corrected chi connectivity index (χ0v) is 15.9. The average Bonchev–Trinajstić information content (AvgIpc) is 2.81. The molecule has 2 aliphatic carbocycles. The fourth-order valence-corrected chi connectivity index (χ4v) is 5.43. The highest BCUT2D eigenvalue weighted by molar-refractivity contribution is 5.77. The lowest BCUT2D eigenvalue weighted by Gasteiger charge is -2.49. The Kier molecular flexibility index (Phi) is 4.50. The van der Waals surface area contributed by atoms with Crippen molar-refractivity contribution < 1.29 is 15.0 Å². The molecule has 1 amide bonds. The van der Waals surface area contributed by atoms with Gasteiger partial charge in [0.2, 0.25) is 5.91 Å². The summed E-state index contributed by atoms with van der Waals surface area (Å²) in [5, 5.41) is 23.4. The summed E-state index contributed by atoms with van der Waals surface area (Å²) in [7, 11) is 0. The van der Waals surface area contributed by atoms with Gasteiger partial charge in [-0.15, -0.1) is 0 Å². The second-order valence-electron chi connectivity index (χ2n) is 8.88. The van der Waals surface area contributed by atoms with Gasteiger partial charge >= 0.3 is 0 Å². The number of rotatable bonds is 4. The number of nitrogens with one attached hydrogen (secondary N) is 1. The maximum atomic E-state index is 11.9. The molecule has 3 rings (SSSR count). The van der Waals surface area contributed by atoms with Crippen molar-refractivity contribution in [3.05, 3.63) is 23.3 Å². The van der Waals surface area contributed by atoms with Crippen LogP contribution in [-0.4, -0.2) is 22.7 Å². The third-order valence-corrected chi connectivity index (χ3v) is 6.75. The first-order chi connectivity index (χ1) is 11.7. The molecule has 0 aliphatic heterocycles. The predicted octanol–water partition coefficient (Wildman–Crippen LogP) is 3.88. The van der Waals surface area contributed by atoms with Gasteiger partial charge in [0.25, 0.3) is 0 Å². The Morgan fingerprint density at radius 3 is 2.68 bits per heavy atom. The van der Waals surface area contributed by atoms with Crippen LogP contribution in [0.5, 0.6) is 11.5 Å². The molecule has 2 aliphatic rings. The molecule has 4 heteroatoms. The topological polar surface area (TPSA) is 69.6 Å². The van der Waals surface area contributed by atoms with Crippen molar-refractivity contribution in [3.8, 4) is 11.5 Å². The van der Waals surface area contributed by atoms with E-state index >= 15 is 0 Å². The SMILES string of the molecule is CC(C)C(=O)NCCC1(C)CCCC2(C)c3c(O)cc(O)cc3CC12. The van der Waals surface area contributed by atoms with E-state index in [1.165, 1.54) is 6.07 Å². The van der Waals surface area contributed by atoms with Crippen LogP contribution in [0.15, 0.2) is 12.1 Å². The monoisotopic (exact) mass is 345 g/mol. The van der Waals surface area contributed by atoms with Crippen molar-refractivity contribution in [3.63, 3.8) is 0 Å². The zero-order chi connectivity index (χ0) is 18.4. The zero-order valence-electron chi connectivity index (χ0n) is 15.9. The van der Waals surface area contributed by atoms with E-state index in [-0.39, 0.29) is 34.2 Å². The number of hydrogen-bond acceptors (Lipinski definition) is 3. The van der Waals surface area contributed by atoms with E-state index in [1.807, 2.05) is 19.9 Å².